The number of benzene rings is 1. The van der Waals surface area contributed by atoms with Gasteiger partial charge in [-0.15, -0.1) is 0 Å². The third kappa shape index (κ3) is 3.79. The van der Waals surface area contributed by atoms with Crippen LogP contribution in [-0.2, 0) is 5.41 Å². The highest BCUT2D eigenvalue weighted by Gasteiger charge is 2.15. The Bertz CT molecular complexity index is 439. The average molecular weight is 285 g/mol. The maximum absolute atomic E-state index is 5.74. The van der Waals surface area contributed by atoms with Gasteiger partial charge in [-0.3, -0.25) is 0 Å². The number of hydrogen-bond acceptors (Lipinski definition) is 4. The van der Waals surface area contributed by atoms with Crippen molar-refractivity contribution in [3.63, 3.8) is 0 Å². The number of nitrogens with zero attached hydrogens (tertiary/aromatic N) is 2. The summed E-state index contributed by atoms with van der Waals surface area (Å²) in [6.45, 7) is 6.60. The van der Waals surface area contributed by atoms with Gasteiger partial charge in [0.2, 0.25) is 0 Å². The van der Waals surface area contributed by atoms with E-state index in [2.05, 4.69) is 46.8 Å². The second-order valence-corrected chi connectivity index (χ2v) is 7.95. The van der Waals surface area contributed by atoms with E-state index in [4.69, 9.17) is 4.52 Å². The van der Waals surface area contributed by atoms with Crippen LogP contribution in [0, 0.1) is 0 Å². The van der Waals surface area contributed by atoms with Crippen molar-refractivity contribution < 1.29 is 4.52 Å². The highest BCUT2D eigenvalue weighted by molar-refractivity contribution is 7.64. The zero-order chi connectivity index (χ0) is 12.3. The van der Waals surface area contributed by atoms with Crippen molar-refractivity contribution in [3.8, 4) is 5.75 Å². The Morgan fingerprint density at radius 3 is 2.47 bits per heavy atom. The molecule has 1 atom stereocenters. The summed E-state index contributed by atoms with van der Waals surface area (Å²) in [5.41, 5.74) is 1.48. The molecule has 0 saturated carbocycles. The number of rotatable bonds is 2. The van der Waals surface area contributed by atoms with Crippen molar-refractivity contribution >= 4 is 25.5 Å². The van der Waals surface area contributed by atoms with Crippen LogP contribution < -0.4 is 9.38 Å². The molecule has 1 heterocycles. The van der Waals surface area contributed by atoms with Gasteiger partial charge in [0.05, 0.1) is 0 Å². The minimum absolute atomic E-state index is 0.174. The lowest BCUT2D eigenvalue weighted by Gasteiger charge is -2.19. The number of nitrogens with one attached hydrogen (secondary N) is 1. The van der Waals surface area contributed by atoms with Gasteiger partial charge in [0, 0.05) is 0 Å². The van der Waals surface area contributed by atoms with Gasteiger partial charge >= 0.3 is 8.45 Å². The lowest BCUT2D eigenvalue weighted by atomic mass is 9.87. The minimum atomic E-state index is -0.929. The smallest absolute Gasteiger partial charge is 0.311 e. The van der Waals surface area contributed by atoms with Crippen molar-refractivity contribution in [3.05, 3.63) is 29.8 Å². The van der Waals surface area contributed by atoms with E-state index < -0.39 is 8.45 Å². The van der Waals surface area contributed by atoms with Crippen LogP contribution in [0.25, 0.3) is 0 Å². The van der Waals surface area contributed by atoms with Crippen molar-refractivity contribution in [2.75, 3.05) is 0 Å². The van der Waals surface area contributed by atoms with Crippen LogP contribution in [0.1, 0.15) is 26.3 Å². The summed E-state index contributed by atoms with van der Waals surface area (Å²) < 4.78 is 14.0. The lowest BCUT2D eigenvalue weighted by molar-refractivity contribution is 0.583. The third-order valence-electron chi connectivity index (χ3n) is 2.25. The molecule has 0 radical (unpaired) electrons. The summed E-state index contributed by atoms with van der Waals surface area (Å²) in [6, 6.07) is 8.21. The molecule has 1 aromatic rings. The molecule has 0 spiro atoms. The Kier molecular flexibility index (Phi) is 4.22. The van der Waals surface area contributed by atoms with Crippen LogP contribution in [0.4, 0.5) is 0 Å². The molecule has 0 aliphatic carbocycles. The Morgan fingerprint density at radius 1 is 1.24 bits per heavy atom. The van der Waals surface area contributed by atoms with Gasteiger partial charge in [-0.05, 0) is 23.1 Å². The van der Waals surface area contributed by atoms with Crippen molar-refractivity contribution in [2.24, 2.45) is 9.03 Å². The Hall–Kier alpha value is -0.390. The highest BCUT2D eigenvalue weighted by Crippen LogP contribution is 2.44. The van der Waals surface area contributed by atoms with E-state index in [1.807, 2.05) is 12.1 Å². The van der Waals surface area contributed by atoms with Crippen molar-refractivity contribution in [1.29, 1.82) is 0 Å². The molecule has 1 aromatic carbocycles. The molecule has 1 unspecified atom stereocenters. The normalized spacial score (nSPS) is 21.2. The molecule has 1 aliphatic rings. The van der Waals surface area contributed by atoms with Crippen LogP contribution in [0.2, 0.25) is 0 Å². The SMILES string of the molecule is CC(C)(C)c1ccc(OP2N=PN=PN2)cc1. The molecule has 90 valence electrons. The van der Waals surface area contributed by atoms with Crippen LogP contribution >= 0.6 is 25.5 Å². The molecule has 1 aliphatic heterocycles. The molecule has 0 bridgehead atoms. The highest BCUT2D eigenvalue weighted by atomic mass is 31.2. The molecular formula is C10H14N3OP3. The lowest BCUT2D eigenvalue weighted by Crippen LogP contribution is -2.10. The second kappa shape index (κ2) is 5.50. The van der Waals surface area contributed by atoms with E-state index in [1.165, 1.54) is 5.56 Å². The first-order valence-electron chi connectivity index (χ1n) is 5.21. The van der Waals surface area contributed by atoms with E-state index in [0.717, 1.165) is 22.8 Å². The molecule has 7 heteroatoms. The fourth-order valence-electron chi connectivity index (χ4n) is 1.31. The summed E-state index contributed by atoms with van der Waals surface area (Å²) in [7, 11) is 0.674. The van der Waals surface area contributed by atoms with Gasteiger partial charge in [0.1, 0.15) is 14.3 Å². The van der Waals surface area contributed by atoms with Crippen LogP contribution in [-0.4, -0.2) is 0 Å². The van der Waals surface area contributed by atoms with Gasteiger partial charge in [0.25, 0.3) is 0 Å². The summed E-state index contributed by atoms with van der Waals surface area (Å²) in [5, 5.41) is 0. The van der Waals surface area contributed by atoms with E-state index in [-0.39, 0.29) is 5.41 Å². The Balaban J connectivity index is 2.03. The fraction of sp³-hybridized carbons (Fsp3) is 0.400. The zero-order valence-electron chi connectivity index (χ0n) is 9.95. The molecule has 1 N–H and O–H groups in total. The van der Waals surface area contributed by atoms with Crippen LogP contribution in [0.5, 0.6) is 5.75 Å². The second-order valence-electron chi connectivity index (χ2n) is 4.61. The Labute approximate surface area is 106 Å². The number of hydrogen-bond donors (Lipinski definition) is 1. The van der Waals surface area contributed by atoms with Gasteiger partial charge in [0.15, 0.2) is 8.52 Å². The van der Waals surface area contributed by atoms with E-state index in [1.54, 1.807) is 0 Å². The predicted molar refractivity (Wildman–Crippen MR) is 74.5 cm³/mol. The third-order valence-corrected chi connectivity index (χ3v) is 5.32. The fourth-order valence-corrected chi connectivity index (χ4v) is 4.20. The molecule has 17 heavy (non-hydrogen) atoms. The molecule has 0 aromatic heterocycles. The topological polar surface area (TPSA) is 46.0 Å². The summed E-state index contributed by atoms with van der Waals surface area (Å²) in [6.07, 6.45) is 0. The van der Waals surface area contributed by atoms with Gasteiger partial charge in [-0.25, -0.2) is 0 Å². The predicted octanol–water partition coefficient (Wildman–Crippen LogP) is 5.28. The largest absolute Gasteiger partial charge is 0.439 e. The first-order chi connectivity index (χ1) is 8.05. The molecule has 4 nitrogen and oxygen atoms in total. The van der Waals surface area contributed by atoms with Crippen molar-refractivity contribution in [2.45, 2.75) is 26.2 Å². The van der Waals surface area contributed by atoms with Crippen molar-refractivity contribution in [1.82, 2.24) is 4.86 Å². The van der Waals surface area contributed by atoms with E-state index in [0.29, 0.717) is 0 Å². The molecule has 0 saturated heterocycles. The van der Waals surface area contributed by atoms with Gasteiger partial charge in [-0.1, -0.05) is 32.9 Å². The van der Waals surface area contributed by atoms with Crippen LogP contribution in [0.3, 0.4) is 0 Å². The van der Waals surface area contributed by atoms with Gasteiger partial charge < -0.3 is 4.52 Å². The Morgan fingerprint density at radius 2 is 1.94 bits per heavy atom. The van der Waals surface area contributed by atoms with E-state index in [9.17, 15) is 0 Å². The first kappa shape index (κ1) is 13.1. The molecule has 2 rings (SSSR count). The van der Waals surface area contributed by atoms with E-state index >= 15 is 0 Å². The quantitative estimate of drug-likeness (QED) is 0.751. The maximum Gasteiger partial charge on any atom is 0.311 e. The average Bonchev–Trinajstić information content (AvgIpc) is 2.30. The zero-order valence-corrected chi connectivity index (χ0v) is 12.6. The molecule has 0 fully saturated rings. The summed E-state index contributed by atoms with van der Waals surface area (Å²) >= 11 is 0. The maximum atomic E-state index is 5.74. The summed E-state index contributed by atoms with van der Waals surface area (Å²) in [4.78, 5) is 3.09. The molecular weight excluding hydrogens is 271 g/mol. The first-order valence-corrected chi connectivity index (χ1v) is 8.06. The standard InChI is InChI=1S/C10H14N3OP3/c1-10(2,3)8-4-6-9(7-5-8)14-17-12-15-11-16-13-17/h4-7H,1-3H3,(H,11,12,13). The summed E-state index contributed by atoms with van der Waals surface area (Å²) in [5.74, 6) is 0.854. The monoisotopic (exact) mass is 285 g/mol. The minimum Gasteiger partial charge on any atom is -0.439 e. The van der Waals surface area contributed by atoms with Gasteiger partial charge in [-0.2, -0.15) is 13.9 Å². The molecule has 0 amide bonds. The van der Waals surface area contributed by atoms with Crippen LogP contribution in [0.15, 0.2) is 33.3 Å².